The van der Waals surface area contributed by atoms with Crippen LogP contribution in [0.2, 0.25) is 0 Å². The Labute approximate surface area is 156 Å². The molecule has 0 spiro atoms. The SMILES string of the molecule is COc1cc(Br)c(CC(=O)N[C@H]2CCCc3ccccc32)cc1OC. The molecule has 3 rings (SSSR count). The van der Waals surface area contributed by atoms with Crippen LogP contribution in [0, 0.1) is 0 Å². The number of benzene rings is 2. The van der Waals surface area contributed by atoms with Crippen molar-refractivity contribution in [2.75, 3.05) is 14.2 Å². The number of nitrogens with one attached hydrogen (secondary N) is 1. The second-order valence-corrected chi connectivity index (χ2v) is 7.04. The van der Waals surface area contributed by atoms with Crippen molar-refractivity contribution in [1.82, 2.24) is 5.32 Å². The molecule has 0 saturated carbocycles. The number of hydrogen-bond donors (Lipinski definition) is 1. The number of halogens is 1. The summed E-state index contributed by atoms with van der Waals surface area (Å²) in [7, 11) is 3.19. The Hall–Kier alpha value is -2.01. The second-order valence-electron chi connectivity index (χ2n) is 6.19. The van der Waals surface area contributed by atoms with Crippen LogP contribution in [0.1, 0.15) is 35.6 Å². The smallest absolute Gasteiger partial charge is 0.224 e. The standard InChI is InChI=1S/C20H22BrNO3/c1-24-18-10-14(16(21)12-19(18)25-2)11-20(23)22-17-9-5-7-13-6-3-4-8-15(13)17/h3-4,6,8,10,12,17H,5,7,9,11H2,1-2H3,(H,22,23)/t17-/m0/s1. The lowest BCUT2D eigenvalue weighted by Gasteiger charge is -2.26. The van der Waals surface area contributed by atoms with Crippen LogP contribution in [0.4, 0.5) is 0 Å². The predicted molar refractivity (Wildman–Crippen MR) is 101 cm³/mol. The monoisotopic (exact) mass is 403 g/mol. The van der Waals surface area contributed by atoms with Crippen molar-refractivity contribution in [3.8, 4) is 11.5 Å². The van der Waals surface area contributed by atoms with Crippen LogP contribution in [0.3, 0.4) is 0 Å². The summed E-state index contributed by atoms with van der Waals surface area (Å²) in [6, 6.07) is 12.1. The van der Waals surface area contributed by atoms with E-state index >= 15 is 0 Å². The van der Waals surface area contributed by atoms with Crippen molar-refractivity contribution in [1.29, 1.82) is 0 Å². The summed E-state index contributed by atoms with van der Waals surface area (Å²) in [5.74, 6) is 1.27. The minimum Gasteiger partial charge on any atom is -0.493 e. The quantitative estimate of drug-likeness (QED) is 0.813. The summed E-state index contributed by atoms with van der Waals surface area (Å²) in [4.78, 5) is 12.6. The van der Waals surface area contributed by atoms with Gasteiger partial charge in [0.25, 0.3) is 0 Å². The molecule has 0 bridgehead atoms. The van der Waals surface area contributed by atoms with E-state index < -0.39 is 0 Å². The highest BCUT2D eigenvalue weighted by atomic mass is 79.9. The Morgan fingerprint density at radius 2 is 1.92 bits per heavy atom. The van der Waals surface area contributed by atoms with E-state index in [1.165, 1.54) is 11.1 Å². The Balaban J connectivity index is 1.74. The fourth-order valence-electron chi connectivity index (χ4n) is 3.35. The van der Waals surface area contributed by atoms with E-state index in [4.69, 9.17) is 9.47 Å². The maximum Gasteiger partial charge on any atom is 0.224 e. The number of carbonyl (C=O) groups is 1. The van der Waals surface area contributed by atoms with Crippen LogP contribution < -0.4 is 14.8 Å². The average molecular weight is 404 g/mol. The molecule has 0 aromatic heterocycles. The third-order valence-corrected chi connectivity index (χ3v) is 5.35. The van der Waals surface area contributed by atoms with Gasteiger partial charge in [-0.3, -0.25) is 4.79 Å². The Kier molecular flexibility index (Phi) is 5.63. The summed E-state index contributed by atoms with van der Waals surface area (Å²) in [5.41, 5.74) is 3.46. The normalized spacial score (nSPS) is 16.0. The number of amides is 1. The van der Waals surface area contributed by atoms with Gasteiger partial charge in [-0.15, -0.1) is 0 Å². The van der Waals surface area contributed by atoms with Crippen molar-refractivity contribution in [3.63, 3.8) is 0 Å². The van der Waals surface area contributed by atoms with Crippen LogP contribution in [-0.4, -0.2) is 20.1 Å². The molecule has 0 saturated heterocycles. The van der Waals surface area contributed by atoms with Crippen LogP contribution in [0.25, 0.3) is 0 Å². The Morgan fingerprint density at radius 1 is 1.20 bits per heavy atom. The molecule has 1 amide bonds. The molecule has 0 aliphatic heterocycles. The van der Waals surface area contributed by atoms with Crippen LogP contribution >= 0.6 is 15.9 Å². The fraction of sp³-hybridized carbons (Fsp3) is 0.350. The molecule has 25 heavy (non-hydrogen) atoms. The van der Waals surface area contributed by atoms with Crippen molar-refractivity contribution in [3.05, 3.63) is 57.6 Å². The fourth-order valence-corrected chi connectivity index (χ4v) is 3.82. The molecule has 5 heteroatoms. The van der Waals surface area contributed by atoms with E-state index in [0.717, 1.165) is 29.3 Å². The Bertz CT molecular complexity index is 776. The summed E-state index contributed by atoms with van der Waals surface area (Å²) in [6.45, 7) is 0. The van der Waals surface area contributed by atoms with Gasteiger partial charge >= 0.3 is 0 Å². The highest BCUT2D eigenvalue weighted by Gasteiger charge is 2.22. The number of carbonyl (C=O) groups excluding carboxylic acids is 1. The minimum absolute atomic E-state index is 0.00891. The van der Waals surface area contributed by atoms with Crippen LogP contribution in [0.5, 0.6) is 11.5 Å². The summed E-state index contributed by atoms with van der Waals surface area (Å²) >= 11 is 3.52. The van der Waals surface area contributed by atoms with Gasteiger partial charge in [0.05, 0.1) is 26.7 Å². The van der Waals surface area contributed by atoms with E-state index in [9.17, 15) is 4.79 Å². The zero-order valence-electron chi connectivity index (χ0n) is 14.5. The lowest BCUT2D eigenvalue weighted by Crippen LogP contribution is -2.32. The first-order chi connectivity index (χ1) is 12.1. The van der Waals surface area contributed by atoms with E-state index in [2.05, 4.69) is 39.4 Å². The second kappa shape index (κ2) is 7.91. The first-order valence-electron chi connectivity index (χ1n) is 8.40. The van der Waals surface area contributed by atoms with Gasteiger partial charge in [-0.05, 0) is 48.1 Å². The van der Waals surface area contributed by atoms with Gasteiger partial charge in [-0.2, -0.15) is 0 Å². The number of fused-ring (bicyclic) bond motifs is 1. The van der Waals surface area contributed by atoms with Crippen molar-refractivity contribution in [2.24, 2.45) is 0 Å². The molecular formula is C20H22BrNO3. The van der Waals surface area contributed by atoms with Gasteiger partial charge in [0.15, 0.2) is 11.5 Å². The topological polar surface area (TPSA) is 47.6 Å². The maximum absolute atomic E-state index is 12.6. The van der Waals surface area contributed by atoms with E-state index in [-0.39, 0.29) is 11.9 Å². The average Bonchev–Trinajstić information content (AvgIpc) is 2.63. The van der Waals surface area contributed by atoms with Gasteiger partial charge in [0, 0.05) is 4.47 Å². The lowest BCUT2D eigenvalue weighted by molar-refractivity contribution is -0.121. The number of rotatable bonds is 5. The molecule has 1 atom stereocenters. The molecule has 4 nitrogen and oxygen atoms in total. The van der Waals surface area contributed by atoms with Crippen molar-refractivity contribution in [2.45, 2.75) is 31.7 Å². The van der Waals surface area contributed by atoms with Crippen molar-refractivity contribution >= 4 is 21.8 Å². The van der Waals surface area contributed by atoms with E-state index in [1.54, 1.807) is 14.2 Å². The third-order valence-electron chi connectivity index (χ3n) is 4.61. The van der Waals surface area contributed by atoms with E-state index in [1.807, 2.05) is 18.2 Å². The van der Waals surface area contributed by atoms with Crippen LogP contribution in [0.15, 0.2) is 40.9 Å². The first kappa shape index (κ1) is 17.8. The number of methoxy groups -OCH3 is 2. The van der Waals surface area contributed by atoms with Gasteiger partial charge in [-0.25, -0.2) is 0 Å². The molecule has 0 radical (unpaired) electrons. The maximum atomic E-state index is 12.6. The van der Waals surface area contributed by atoms with Crippen molar-refractivity contribution < 1.29 is 14.3 Å². The molecule has 2 aromatic carbocycles. The third kappa shape index (κ3) is 3.98. The zero-order chi connectivity index (χ0) is 17.8. The van der Waals surface area contributed by atoms with Crippen LogP contribution in [-0.2, 0) is 17.6 Å². The molecule has 132 valence electrons. The predicted octanol–water partition coefficient (Wildman–Crippen LogP) is 4.20. The molecule has 0 heterocycles. The molecule has 0 fully saturated rings. The number of aryl methyl sites for hydroxylation is 1. The molecule has 1 aliphatic carbocycles. The molecule has 1 aliphatic rings. The zero-order valence-corrected chi connectivity index (χ0v) is 16.1. The molecular weight excluding hydrogens is 382 g/mol. The summed E-state index contributed by atoms with van der Waals surface area (Å²) in [5, 5.41) is 3.19. The molecule has 1 N–H and O–H groups in total. The Morgan fingerprint density at radius 3 is 2.68 bits per heavy atom. The highest BCUT2D eigenvalue weighted by molar-refractivity contribution is 9.10. The number of hydrogen-bond acceptors (Lipinski definition) is 3. The first-order valence-corrected chi connectivity index (χ1v) is 9.19. The highest BCUT2D eigenvalue weighted by Crippen LogP contribution is 2.34. The van der Waals surface area contributed by atoms with Gasteiger partial charge in [0.2, 0.25) is 5.91 Å². The minimum atomic E-state index is 0.00891. The largest absolute Gasteiger partial charge is 0.493 e. The molecule has 2 aromatic rings. The summed E-state index contributed by atoms with van der Waals surface area (Å²) < 4.78 is 11.5. The number of ether oxygens (including phenoxy) is 2. The van der Waals surface area contributed by atoms with Gasteiger partial charge in [-0.1, -0.05) is 40.2 Å². The molecule has 0 unspecified atom stereocenters. The van der Waals surface area contributed by atoms with E-state index in [0.29, 0.717) is 17.9 Å². The summed E-state index contributed by atoms with van der Waals surface area (Å²) in [6.07, 6.45) is 3.46. The van der Waals surface area contributed by atoms with Gasteiger partial charge < -0.3 is 14.8 Å². The van der Waals surface area contributed by atoms with Gasteiger partial charge in [0.1, 0.15) is 0 Å². The lowest BCUT2D eigenvalue weighted by atomic mass is 9.87.